The average molecular weight is 463 g/mol. The fourth-order valence-electron chi connectivity index (χ4n) is 5.32. The smallest absolute Gasteiger partial charge is 0.124 e. The first kappa shape index (κ1) is 24.0. The van der Waals surface area contributed by atoms with Crippen molar-refractivity contribution < 1.29 is 19.0 Å². The van der Waals surface area contributed by atoms with Gasteiger partial charge in [0.05, 0.1) is 0 Å². The van der Waals surface area contributed by atoms with Gasteiger partial charge in [0.25, 0.3) is 0 Å². The zero-order valence-electron chi connectivity index (χ0n) is 20.3. The van der Waals surface area contributed by atoms with Crippen LogP contribution in [0.1, 0.15) is 64.5 Å². The number of allylic oxidation sites excluding steroid dienone is 8. The molecule has 0 aliphatic heterocycles. The molecule has 0 saturated carbocycles. The Kier molecular flexibility index (Phi) is 6.79. The highest BCUT2D eigenvalue weighted by molar-refractivity contribution is 5.82. The van der Waals surface area contributed by atoms with E-state index in [1.54, 1.807) is 0 Å². The molecule has 2 aliphatic carbocycles. The van der Waals surface area contributed by atoms with Crippen LogP contribution in [0.2, 0.25) is 0 Å². The molecule has 2 aliphatic rings. The Hall–Kier alpha value is -3.14. The van der Waals surface area contributed by atoms with E-state index in [9.17, 15) is 19.0 Å². The van der Waals surface area contributed by atoms with Gasteiger partial charge in [-0.1, -0.05) is 39.8 Å². The van der Waals surface area contributed by atoms with Crippen LogP contribution in [0, 0.1) is 23.5 Å². The third-order valence-electron chi connectivity index (χ3n) is 6.91. The molecule has 0 saturated heterocycles. The van der Waals surface area contributed by atoms with Crippen LogP contribution in [0.25, 0.3) is 11.1 Å². The second-order valence-corrected chi connectivity index (χ2v) is 9.77. The molecule has 4 rings (SSSR count). The van der Waals surface area contributed by atoms with Gasteiger partial charge in [0, 0.05) is 11.1 Å². The monoisotopic (exact) mass is 462 g/mol. The van der Waals surface area contributed by atoms with Crippen molar-refractivity contribution in [2.24, 2.45) is 11.8 Å². The fourth-order valence-corrected chi connectivity index (χ4v) is 5.32. The van der Waals surface area contributed by atoms with Crippen molar-refractivity contribution >= 4 is 11.1 Å². The molecule has 0 fully saturated rings. The highest BCUT2D eigenvalue weighted by Gasteiger charge is 2.27. The first-order chi connectivity index (χ1) is 16.2. The first-order valence-corrected chi connectivity index (χ1v) is 12.0. The van der Waals surface area contributed by atoms with Crippen molar-refractivity contribution in [3.63, 3.8) is 0 Å². The number of phenolic OH excluding ortho intramolecular Hbond substituents is 2. The first-order valence-electron chi connectivity index (χ1n) is 12.0. The van der Waals surface area contributed by atoms with Crippen LogP contribution < -0.4 is 0 Å². The van der Waals surface area contributed by atoms with Gasteiger partial charge in [-0.05, 0) is 107 Å². The van der Waals surface area contributed by atoms with Crippen molar-refractivity contribution in [1.82, 2.24) is 0 Å². The molecule has 2 nitrogen and oxygen atoms in total. The topological polar surface area (TPSA) is 40.5 Å². The van der Waals surface area contributed by atoms with E-state index in [0.717, 1.165) is 22.3 Å². The third kappa shape index (κ3) is 4.59. The summed E-state index contributed by atoms with van der Waals surface area (Å²) in [6.45, 7) is 8.57. The molecule has 0 spiro atoms. The molecule has 0 heterocycles. The molecule has 34 heavy (non-hydrogen) atoms. The van der Waals surface area contributed by atoms with Crippen LogP contribution in [-0.4, -0.2) is 10.2 Å². The molecule has 0 radical (unpaired) electrons. The predicted octanol–water partition coefficient (Wildman–Crippen LogP) is 8.34. The lowest BCUT2D eigenvalue weighted by atomic mass is 9.85. The van der Waals surface area contributed by atoms with Gasteiger partial charge in [0.1, 0.15) is 23.1 Å². The van der Waals surface area contributed by atoms with E-state index in [0.29, 0.717) is 48.6 Å². The van der Waals surface area contributed by atoms with Crippen LogP contribution in [0.15, 0.2) is 70.8 Å². The summed E-state index contributed by atoms with van der Waals surface area (Å²) < 4.78 is 28.1. The Balaban J connectivity index is 1.77. The van der Waals surface area contributed by atoms with Crippen LogP contribution in [0.3, 0.4) is 0 Å². The number of aromatic hydroxyl groups is 2. The molecule has 0 aromatic heterocycles. The van der Waals surface area contributed by atoms with E-state index < -0.39 is 0 Å². The van der Waals surface area contributed by atoms with Gasteiger partial charge in [0.15, 0.2) is 0 Å². The van der Waals surface area contributed by atoms with Crippen molar-refractivity contribution in [2.45, 2.75) is 53.4 Å². The minimum Gasteiger partial charge on any atom is -0.507 e. The molecule has 2 aromatic carbocycles. The Morgan fingerprint density at radius 2 is 1.06 bits per heavy atom. The Morgan fingerprint density at radius 3 is 1.41 bits per heavy atom. The SMILES string of the molecule is CC(C)C1=CCC(c2cc(F)ccc2O)=C1CCC1=C(c2cc(F)ccc2O)CC=C1C(C)C. The molecule has 4 heteroatoms. The third-order valence-corrected chi connectivity index (χ3v) is 6.91. The maximum atomic E-state index is 14.0. The van der Waals surface area contributed by atoms with Gasteiger partial charge < -0.3 is 10.2 Å². The van der Waals surface area contributed by atoms with Crippen LogP contribution >= 0.6 is 0 Å². The second-order valence-electron chi connectivity index (χ2n) is 9.77. The van der Waals surface area contributed by atoms with Gasteiger partial charge >= 0.3 is 0 Å². The van der Waals surface area contributed by atoms with Crippen molar-refractivity contribution in [2.75, 3.05) is 0 Å². The zero-order chi connectivity index (χ0) is 24.6. The van der Waals surface area contributed by atoms with E-state index in [1.807, 2.05) is 0 Å². The largest absolute Gasteiger partial charge is 0.507 e. The molecule has 0 unspecified atom stereocenters. The van der Waals surface area contributed by atoms with Gasteiger partial charge in [-0.15, -0.1) is 0 Å². The van der Waals surface area contributed by atoms with Crippen molar-refractivity contribution in [3.05, 3.63) is 93.6 Å². The van der Waals surface area contributed by atoms with Crippen LogP contribution in [0.5, 0.6) is 11.5 Å². The lowest BCUT2D eigenvalue weighted by Gasteiger charge is -2.20. The Labute approximate surface area is 200 Å². The molecule has 0 amide bonds. The van der Waals surface area contributed by atoms with Gasteiger partial charge in [-0.2, -0.15) is 0 Å². The standard InChI is InChI=1S/C30H32F2O2/c1-17(2)21-7-9-25(27-15-19(31)5-13-29(27)33)23(21)11-12-24-22(18(3)4)8-10-26(24)28-16-20(32)6-14-30(28)34/h5-8,13-18,33-34H,9-12H2,1-4H3. The Morgan fingerprint density at radius 1 is 0.676 bits per heavy atom. The summed E-state index contributed by atoms with van der Waals surface area (Å²) in [6, 6.07) is 8.18. The highest BCUT2D eigenvalue weighted by atomic mass is 19.1. The number of benzene rings is 2. The van der Waals surface area contributed by atoms with Crippen LogP contribution in [-0.2, 0) is 0 Å². The number of hydrogen-bond donors (Lipinski definition) is 2. The van der Waals surface area contributed by atoms with Gasteiger partial charge in [-0.3, -0.25) is 0 Å². The molecule has 2 N–H and O–H groups in total. The predicted molar refractivity (Wildman–Crippen MR) is 134 cm³/mol. The second kappa shape index (κ2) is 9.61. The minimum atomic E-state index is -0.370. The molecular formula is C30H32F2O2. The average Bonchev–Trinajstić information content (AvgIpc) is 3.40. The lowest BCUT2D eigenvalue weighted by Crippen LogP contribution is -2.02. The lowest BCUT2D eigenvalue weighted by molar-refractivity contribution is 0.470. The fraction of sp³-hybridized carbons (Fsp3) is 0.333. The van der Waals surface area contributed by atoms with E-state index in [2.05, 4.69) is 39.8 Å². The number of phenols is 2. The summed E-state index contributed by atoms with van der Waals surface area (Å²) in [5.74, 6) is 0.0244. The number of halogens is 2. The van der Waals surface area contributed by atoms with E-state index in [-0.39, 0.29) is 23.1 Å². The molecule has 178 valence electrons. The molecule has 2 aromatic rings. The molecule has 0 atom stereocenters. The molecule has 0 bridgehead atoms. The quantitative estimate of drug-likeness (QED) is 0.434. The zero-order valence-corrected chi connectivity index (χ0v) is 20.3. The van der Waals surface area contributed by atoms with E-state index >= 15 is 0 Å². The normalized spacial score (nSPS) is 16.2. The summed E-state index contributed by atoms with van der Waals surface area (Å²) in [5, 5.41) is 20.9. The summed E-state index contributed by atoms with van der Waals surface area (Å²) in [5.41, 5.74) is 7.75. The highest BCUT2D eigenvalue weighted by Crippen LogP contribution is 2.46. The van der Waals surface area contributed by atoms with Gasteiger partial charge in [0.2, 0.25) is 0 Å². The number of hydrogen-bond acceptors (Lipinski definition) is 2. The molecular weight excluding hydrogens is 430 g/mol. The maximum absolute atomic E-state index is 14.0. The summed E-state index contributed by atoms with van der Waals surface area (Å²) in [7, 11) is 0. The van der Waals surface area contributed by atoms with E-state index in [1.165, 1.54) is 47.5 Å². The number of rotatable bonds is 7. The van der Waals surface area contributed by atoms with Crippen LogP contribution in [0.4, 0.5) is 8.78 Å². The maximum Gasteiger partial charge on any atom is 0.124 e. The minimum absolute atomic E-state index is 0.0838. The summed E-state index contributed by atoms with van der Waals surface area (Å²) in [6.07, 6.45) is 7.11. The van der Waals surface area contributed by atoms with Crippen molar-refractivity contribution in [1.29, 1.82) is 0 Å². The summed E-state index contributed by atoms with van der Waals surface area (Å²) in [4.78, 5) is 0. The van der Waals surface area contributed by atoms with E-state index in [4.69, 9.17) is 0 Å². The Bertz CT molecular complexity index is 1140. The van der Waals surface area contributed by atoms with Gasteiger partial charge in [-0.25, -0.2) is 8.78 Å². The van der Waals surface area contributed by atoms with Crippen molar-refractivity contribution in [3.8, 4) is 11.5 Å². The summed E-state index contributed by atoms with van der Waals surface area (Å²) >= 11 is 0.